The molecule has 0 N–H and O–H groups in total. The number of rotatable bonds is 3. The van der Waals surface area contributed by atoms with Crippen LogP contribution >= 0.6 is 0 Å². The third-order valence-corrected chi connectivity index (χ3v) is 7.81. The van der Waals surface area contributed by atoms with E-state index in [9.17, 15) is 0 Å². The van der Waals surface area contributed by atoms with Crippen molar-refractivity contribution < 1.29 is 4.42 Å². The number of benzene rings is 2. The Kier molecular flexibility index (Phi) is 5.44. The van der Waals surface area contributed by atoms with Crippen molar-refractivity contribution >= 4 is 22.1 Å². The summed E-state index contributed by atoms with van der Waals surface area (Å²) in [5.74, 6) is 2.19. The maximum Gasteiger partial charge on any atom is 0.227 e. The van der Waals surface area contributed by atoms with Gasteiger partial charge >= 0.3 is 0 Å². The molecule has 0 spiro atoms. The van der Waals surface area contributed by atoms with Gasteiger partial charge < -0.3 is 4.42 Å². The Balaban J connectivity index is 1.40. The lowest BCUT2D eigenvalue weighted by Gasteiger charge is -2.31. The van der Waals surface area contributed by atoms with Gasteiger partial charge in [-0.3, -0.25) is 4.98 Å². The van der Waals surface area contributed by atoms with Gasteiger partial charge in [0.1, 0.15) is 5.58 Å². The smallest absolute Gasteiger partial charge is 0.227 e. The van der Waals surface area contributed by atoms with Crippen LogP contribution in [0, 0.1) is 25.7 Å². The molecule has 0 saturated heterocycles. The van der Waals surface area contributed by atoms with Gasteiger partial charge in [0.2, 0.25) is 5.71 Å². The van der Waals surface area contributed by atoms with E-state index in [-0.39, 0.29) is 0 Å². The number of pyridine rings is 2. The van der Waals surface area contributed by atoms with E-state index in [2.05, 4.69) is 94.6 Å². The SMILES string of the molecule is Cc1cccc(C)c1-c1ccc2c(n1)oc1c(-c3ccc(C4CC(C)CC(C)C4)cn3)cccc12. The maximum atomic E-state index is 6.40. The summed E-state index contributed by atoms with van der Waals surface area (Å²) in [5.41, 5.74) is 9.44. The van der Waals surface area contributed by atoms with Gasteiger partial charge in [-0.15, -0.1) is 0 Å². The molecule has 3 heteroatoms. The molecular formula is C32H32N2O. The van der Waals surface area contributed by atoms with Gasteiger partial charge in [-0.25, -0.2) is 4.98 Å². The topological polar surface area (TPSA) is 38.9 Å². The van der Waals surface area contributed by atoms with Crippen molar-refractivity contribution in [3.8, 4) is 22.5 Å². The highest BCUT2D eigenvalue weighted by Crippen LogP contribution is 2.40. The monoisotopic (exact) mass is 460 g/mol. The molecule has 3 aromatic heterocycles. The summed E-state index contributed by atoms with van der Waals surface area (Å²) in [7, 11) is 0. The zero-order valence-electron chi connectivity index (χ0n) is 21.0. The molecular weight excluding hydrogens is 428 g/mol. The Morgan fingerprint density at radius 1 is 0.743 bits per heavy atom. The molecule has 2 aromatic carbocycles. The van der Waals surface area contributed by atoms with Crippen molar-refractivity contribution in [2.45, 2.75) is 52.9 Å². The van der Waals surface area contributed by atoms with Gasteiger partial charge in [-0.2, -0.15) is 0 Å². The Hall–Kier alpha value is -3.46. The molecule has 35 heavy (non-hydrogen) atoms. The molecule has 3 nitrogen and oxygen atoms in total. The van der Waals surface area contributed by atoms with Crippen LogP contribution in [0.15, 0.2) is 71.3 Å². The number of furan rings is 1. The molecule has 1 fully saturated rings. The molecule has 0 bridgehead atoms. The van der Waals surface area contributed by atoms with Crippen molar-refractivity contribution in [3.05, 3.63) is 83.6 Å². The molecule has 3 heterocycles. The zero-order chi connectivity index (χ0) is 24.1. The molecule has 0 aliphatic heterocycles. The quantitative estimate of drug-likeness (QED) is 0.270. The third kappa shape index (κ3) is 3.93. The summed E-state index contributed by atoms with van der Waals surface area (Å²) in [4.78, 5) is 9.84. The number of hydrogen-bond donors (Lipinski definition) is 0. The molecule has 2 unspecified atom stereocenters. The first-order valence-electron chi connectivity index (χ1n) is 12.8. The number of hydrogen-bond acceptors (Lipinski definition) is 3. The average molecular weight is 461 g/mol. The lowest BCUT2D eigenvalue weighted by Crippen LogP contribution is -2.18. The summed E-state index contributed by atoms with van der Waals surface area (Å²) in [6.45, 7) is 9.03. The Morgan fingerprint density at radius 3 is 2.17 bits per heavy atom. The van der Waals surface area contributed by atoms with Crippen LogP contribution in [0.3, 0.4) is 0 Å². The van der Waals surface area contributed by atoms with Crippen molar-refractivity contribution in [2.75, 3.05) is 0 Å². The van der Waals surface area contributed by atoms with Crippen LogP contribution in [0.25, 0.3) is 44.6 Å². The summed E-state index contributed by atoms with van der Waals surface area (Å²) in [6.07, 6.45) is 5.95. The fourth-order valence-corrected chi connectivity index (χ4v) is 6.26. The van der Waals surface area contributed by atoms with Crippen molar-refractivity contribution in [1.29, 1.82) is 0 Å². The number of nitrogens with zero attached hydrogens (tertiary/aromatic N) is 2. The van der Waals surface area contributed by atoms with Gasteiger partial charge in [0.15, 0.2) is 0 Å². The maximum absolute atomic E-state index is 6.40. The van der Waals surface area contributed by atoms with Crippen molar-refractivity contribution in [1.82, 2.24) is 9.97 Å². The predicted molar refractivity (Wildman–Crippen MR) is 145 cm³/mol. The normalized spacial score (nSPS) is 20.5. The Morgan fingerprint density at radius 2 is 1.46 bits per heavy atom. The number of aryl methyl sites for hydroxylation is 2. The van der Waals surface area contributed by atoms with E-state index in [1.165, 1.54) is 41.5 Å². The van der Waals surface area contributed by atoms with Crippen molar-refractivity contribution in [3.63, 3.8) is 0 Å². The van der Waals surface area contributed by atoms with E-state index in [4.69, 9.17) is 14.4 Å². The Labute approximate surface area is 207 Å². The van der Waals surface area contributed by atoms with Crippen LogP contribution in [0.1, 0.15) is 55.7 Å². The second kappa shape index (κ2) is 8.64. The van der Waals surface area contributed by atoms with Gasteiger partial charge in [0.25, 0.3) is 0 Å². The first-order chi connectivity index (χ1) is 17.0. The minimum atomic E-state index is 0.616. The van der Waals surface area contributed by atoms with Crippen LogP contribution in [-0.4, -0.2) is 9.97 Å². The molecule has 0 radical (unpaired) electrons. The van der Waals surface area contributed by atoms with Crippen LogP contribution in [0.4, 0.5) is 0 Å². The van der Waals surface area contributed by atoms with E-state index in [0.29, 0.717) is 11.6 Å². The second-order valence-corrected chi connectivity index (χ2v) is 10.7. The van der Waals surface area contributed by atoms with Crippen LogP contribution in [-0.2, 0) is 0 Å². The highest BCUT2D eigenvalue weighted by Gasteiger charge is 2.25. The zero-order valence-corrected chi connectivity index (χ0v) is 21.0. The molecule has 0 amide bonds. The molecule has 1 aliphatic carbocycles. The van der Waals surface area contributed by atoms with Gasteiger partial charge in [-0.1, -0.05) is 50.2 Å². The van der Waals surface area contributed by atoms with E-state index in [1.807, 2.05) is 0 Å². The van der Waals surface area contributed by atoms with Gasteiger partial charge in [0, 0.05) is 28.1 Å². The summed E-state index contributed by atoms with van der Waals surface area (Å²) in [6, 6.07) is 21.4. The summed E-state index contributed by atoms with van der Waals surface area (Å²) < 4.78 is 6.40. The largest absolute Gasteiger partial charge is 0.437 e. The van der Waals surface area contributed by atoms with Crippen LogP contribution in [0.2, 0.25) is 0 Å². The fourth-order valence-electron chi connectivity index (χ4n) is 6.26. The minimum Gasteiger partial charge on any atom is -0.437 e. The Bertz CT molecular complexity index is 1500. The highest BCUT2D eigenvalue weighted by molar-refractivity contribution is 6.08. The van der Waals surface area contributed by atoms with Gasteiger partial charge in [-0.05, 0) is 91.8 Å². The number of para-hydroxylation sites is 1. The first-order valence-corrected chi connectivity index (χ1v) is 12.8. The van der Waals surface area contributed by atoms with Gasteiger partial charge in [0.05, 0.1) is 11.4 Å². The fraction of sp³-hybridized carbons (Fsp3) is 0.312. The molecule has 2 atom stereocenters. The van der Waals surface area contributed by atoms with Crippen LogP contribution in [0.5, 0.6) is 0 Å². The van der Waals surface area contributed by atoms with Crippen molar-refractivity contribution in [2.24, 2.45) is 11.8 Å². The standard InChI is InChI=1S/C32H32N2O/c1-19-15-20(2)17-24(16-19)23-11-13-28(33-18-23)27-10-6-9-25-26-12-14-29(34-32(26)35-31(25)27)30-21(3)7-5-8-22(30)4/h5-14,18-20,24H,15-17H2,1-4H3. The third-order valence-electron chi connectivity index (χ3n) is 7.81. The second-order valence-electron chi connectivity index (χ2n) is 10.7. The lowest BCUT2D eigenvalue weighted by molar-refractivity contribution is 0.268. The lowest BCUT2D eigenvalue weighted by atomic mass is 9.74. The number of fused-ring (bicyclic) bond motifs is 3. The van der Waals surface area contributed by atoms with E-state index < -0.39 is 0 Å². The minimum absolute atomic E-state index is 0.616. The molecule has 1 aliphatic rings. The van der Waals surface area contributed by atoms with E-state index in [0.717, 1.165) is 45.1 Å². The van der Waals surface area contributed by atoms with E-state index >= 15 is 0 Å². The molecule has 5 aromatic rings. The molecule has 1 saturated carbocycles. The number of aromatic nitrogens is 2. The average Bonchev–Trinajstić information content (AvgIpc) is 3.21. The summed E-state index contributed by atoms with van der Waals surface area (Å²) >= 11 is 0. The molecule has 6 rings (SSSR count). The predicted octanol–water partition coefficient (Wildman–Crippen LogP) is 8.87. The van der Waals surface area contributed by atoms with Crippen LogP contribution < -0.4 is 0 Å². The summed E-state index contributed by atoms with van der Waals surface area (Å²) in [5, 5.41) is 2.12. The first kappa shape index (κ1) is 22.0. The van der Waals surface area contributed by atoms with E-state index in [1.54, 1.807) is 0 Å². The molecule has 176 valence electrons. The highest BCUT2D eigenvalue weighted by atomic mass is 16.3.